The van der Waals surface area contributed by atoms with Gasteiger partial charge in [-0.3, -0.25) is 0 Å². The molecule has 0 N–H and O–H groups in total. The van der Waals surface area contributed by atoms with E-state index >= 15 is 0 Å². The Morgan fingerprint density at radius 2 is 2.00 bits per heavy atom. The van der Waals surface area contributed by atoms with Crippen molar-refractivity contribution < 1.29 is 4.39 Å². The van der Waals surface area contributed by atoms with Crippen LogP contribution in [0.5, 0.6) is 0 Å². The summed E-state index contributed by atoms with van der Waals surface area (Å²) < 4.78 is 14.6. The number of alkyl halides is 1. The molecular weight excluding hydrogens is 273 g/mol. The molecule has 3 aliphatic carbocycles. The van der Waals surface area contributed by atoms with Crippen molar-refractivity contribution in [1.82, 2.24) is 0 Å². The summed E-state index contributed by atoms with van der Waals surface area (Å²) in [4.78, 5) is 0. The lowest BCUT2D eigenvalue weighted by Crippen LogP contribution is -2.26. The van der Waals surface area contributed by atoms with Gasteiger partial charge >= 0.3 is 0 Å². The van der Waals surface area contributed by atoms with Crippen LogP contribution in [0, 0.1) is 23.2 Å². The molecule has 0 aromatic rings. The Labute approximate surface area is 132 Å². The van der Waals surface area contributed by atoms with E-state index in [4.69, 9.17) is 5.26 Å². The van der Waals surface area contributed by atoms with Crippen molar-refractivity contribution in [3.05, 3.63) is 47.1 Å². The highest BCUT2D eigenvalue weighted by Crippen LogP contribution is 2.43. The Morgan fingerprint density at radius 1 is 1.23 bits per heavy atom. The second-order valence-corrected chi connectivity index (χ2v) is 6.88. The van der Waals surface area contributed by atoms with Gasteiger partial charge in [0.25, 0.3) is 0 Å². The van der Waals surface area contributed by atoms with Crippen LogP contribution in [0.1, 0.15) is 51.9 Å². The van der Waals surface area contributed by atoms with Crippen LogP contribution in [0.25, 0.3) is 0 Å². The number of halogens is 1. The summed E-state index contributed by atoms with van der Waals surface area (Å²) in [5.74, 6) is 1.55. The molecule has 2 heteroatoms. The molecule has 1 fully saturated rings. The van der Waals surface area contributed by atoms with Crippen molar-refractivity contribution in [3.8, 4) is 6.07 Å². The first kappa shape index (κ1) is 15.3. The molecule has 0 aromatic heterocycles. The van der Waals surface area contributed by atoms with E-state index in [1.807, 2.05) is 12.2 Å². The second-order valence-electron chi connectivity index (χ2n) is 6.88. The first-order valence-corrected chi connectivity index (χ1v) is 8.56. The van der Waals surface area contributed by atoms with E-state index in [9.17, 15) is 4.39 Å². The summed E-state index contributed by atoms with van der Waals surface area (Å²) in [6.07, 6.45) is 17.6. The van der Waals surface area contributed by atoms with Gasteiger partial charge in [-0.2, -0.15) is 5.26 Å². The zero-order valence-corrected chi connectivity index (χ0v) is 13.3. The molecule has 1 saturated carbocycles. The summed E-state index contributed by atoms with van der Waals surface area (Å²) in [5, 5.41) is 9.12. The highest BCUT2D eigenvalue weighted by atomic mass is 19.1. The van der Waals surface area contributed by atoms with E-state index in [1.54, 1.807) is 12.1 Å². The van der Waals surface area contributed by atoms with Gasteiger partial charge in [-0.15, -0.1) is 0 Å². The quantitative estimate of drug-likeness (QED) is 0.667. The third kappa shape index (κ3) is 2.82. The summed E-state index contributed by atoms with van der Waals surface area (Å²) in [6, 6.07) is 1.80. The van der Waals surface area contributed by atoms with E-state index in [1.165, 1.54) is 50.2 Å². The second kappa shape index (κ2) is 6.24. The van der Waals surface area contributed by atoms with Crippen LogP contribution in [0.15, 0.2) is 47.1 Å². The highest BCUT2D eigenvalue weighted by molar-refractivity contribution is 5.57. The van der Waals surface area contributed by atoms with Crippen molar-refractivity contribution in [1.29, 1.82) is 5.26 Å². The highest BCUT2D eigenvalue weighted by Gasteiger charge is 2.37. The molecule has 0 amide bonds. The fourth-order valence-electron chi connectivity index (χ4n) is 4.17. The van der Waals surface area contributed by atoms with E-state index in [0.717, 1.165) is 17.9 Å². The lowest BCUT2D eigenvalue weighted by atomic mass is 9.72. The fraction of sp³-hybridized carbons (Fsp3) is 0.550. The van der Waals surface area contributed by atoms with Gasteiger partial charge in [0.2, 0.25) is 5.67 Å². The van der Waals surface area contributed by atoms with Crippen molar-refractivity contribution in [2.45, 2.75) is 57.5 Å². The minimum absolute atomic E-state index is 0.543. The average Bonchev–Trinajstić information content (AvgIpc) is 2.56. The summed E-state index contributed by atoms with van der Waals surface area (Å²) >= 11 is 0. The molecule has 0 heterocycles. The molecule has 1 unspecified atom stereocenters. The van der Waals surface area contributed by atoms with Gasteiger partial charge < -0.3 is 0 Å². The van der Waals surface area contributed by atoms with Crippen molar-refractivity contribution in [2.24, 2.45) is 11.8 Å². The minimum Gasteiger partial charge on any atom is -0.217 e. The topological polar surface area (TPSA) is 23.8 Å². The molecule has 1 nitrogen and oxygen atoms in total. The molecule has 3 aliphatic rings. The Morgan fingerprint density at radius 3 is 2.68 bits per heavy atom. The molecule has 116 valence electrons. The normalized spacial score (nSPS) is 34.1. The number of hydrogen-bond donors (Lipinski definition) is 0. The first-order valence-electron chi connectivity index (χ1n) is 8.56. The molecule has 0 saturated heterocycles. The van der Waals surface area contributed by atoms with Gasteiger partial charge in [0.1, 0.15) is 6.07 Å². The third-order valence-electron chi connectivity index (χ3n) is 5.45. The lowest BCUT2D eigenvalue weighted by molar-refractivity contribution is 0.283. The van der Waals surface area contributed by atoms with Gasteiger partial charge in [0.15, 0.2) is 0 Å². The fourth-order valence-corrected chi connectivity index (χ4v) is 4.17. The van der Waals surface area contributed by atoms with Gasteiger partial charge in [0, 0.05) is 5.57 Å². The maximum atomic E-state index is 14.6. The van der Waals surface area contributed by atoms with Gasteiger partial charge in [-0.05, 0) is 55.6 Å². The lowest BCUT2D eigenvalue weighted by Gasteiger charge is -2.33. The number of fused-ring (bicyclic) bond motifs is 1. The molecule has 0 aromatic carbocycles. The number of nitriles is 1. The van der Waals surface area contributed by atoms with Gasteiger partial charge in [-0.25, -0.2) is 4.39 Å². The predicted molar refractivity (Wildman–Crippen MR) is 87.8 cm³/mol. The van der Waals surface area contributed by atoms with Crippen molar-refractivity contribution in [2.75, 3.05) is 0 Å². The SMILES string of the molecule is CCC[C@H]1CC[C@H](C2=CC=C3C(=CC=CC3(F)C#N)C2)CC1. The molecular formula is C20H24FN. The van der Waals surface area contributed by atoms with Gasteiger partial charge in [0.05, 0.1) is 0 Å². The van der Waals surface area contributed by atoms with Crippen LogP contribution in [0.2, 0.25) is 0 Å². The van der Waals surface area contributed by atoms with Crippen LogP contribution >= 0.6 is 0 Å². The van der Waals surface area contributed by atoms with Crippen LogP contribution in [-0.2, 0) is 0 Å². The smallest absolute Gasteiger partial charge is 0.217 e. The molecule has 0 radical (unpaired) electrons. The molecule has 0 bridgehead atoms. The number of rotatable bonds is 3. The van der Waals surface area contributed by atoms with E-state index < -0.39 is 5.67 Å². The third-order valence-corrected chi connectivity index (χ3v) is 5.45. The van der Waals surface area contributed by atoms with E-state index in [0.29, 0.717) is 11.5 Å². The number of nitrogens with zero attached hydrogens (tertiary/aromatic N) is 1. The Hall–Kier alpha value is -1.62. The van der Waals surface area contributed by atoms with Crippen LogP contribution in [0.3, 0.4) is 0 Å². The van der Waals surface area contributed by atoms with Crippen LogP contribution in [-0.4, -0.2) is 5.67 Å². The molecule has 0 spiro atoms. The first-order chi connectivity index (χ1) is 10.7. The van der Waals surface area contributed by atoms with Crippen molar-refractivity contribution >= 4 is 0 Å². The van der Waals surface area contributed by atoms with Crippen LogP contribution in [0.4, 0.5) is 4.39 Å². The Kier molecular flexibility index (Phi) is 4.34. The average molecular weight is 297 g/mol. The number of hydrogen-bond acceptors (Lipinski definition) is 1. The summed E-state index contributed by atoms with van der Waals surface area (Å²) in [5.41, 5.74) is 1.02. The Bertz CT molecular complexity index is 594. The monoisotopic (exact) mass is 297 g/mol. The maximum Gasteiger partial charge on any atom is 0.239 e. The zero-order chi connectivity index (χ0) is 15.6. The summed E-state index contributed by atoms with van der Waals surface area (Å²) in [6.45, 7) is 2.27. The standard InChI is InChI=1S/C20H24FN/c1-2-4-15-6-8-16(9-7-15)17-10-11-19-18(13-17)5-3-12-20(19,21)14-22/h3,5,10-12,15-16H,2,4,6-9,13H2,1H3/t15-,16-,20?. The number of allylic oxidation sites excluding steroid dienone is 8. The maximum absolute atomic E-state index is 14.6. The van der Waals surface area contributed by atoms with Crippen LogP contribution < -0.4 is 0 Å². The van der Waals surface area contributed by atoms with E-state index in [-0.39, 0.29) is 0 Å². The molecule has 0 aliphatic heterocycles. The molecule has 3 rings (SSSR count). The van der Waals surface area contributed by atoms with Crippen molar-refractivity contribution in [3.63, 3.8) is 0 Å². The largest absolute Gasteiger partial charge is 0.239 e. The molecule has 1 atom stereocenters. The summed E-state index contributed by atoms with van der Waals surface area (Å²) in [7, 11) is 0. The minimum atomic E-state index is -1.94. The zero-order valence-electron chi connectivity index (χ0n) is 13.3. The predicted octanol–water partition coefficient (Wildman–Crippen LogP) is 5.58. The van der Waals surface area contributed by atoms with E-state index in [2.05, 4.69) is 13.0 Å². The van der Waals surface area contributed by atoms with Gasteiger partial charge in [-0.1, -0.05) is 49.6 Å². The molecule has 22 heavy (non-hydrogen) atoms. The Balaban J connectivity index is 1.73.